The molecule has 1 aliphatic heterocycles. The van der Waals surface area contributed by atoms with Gasteiger partial charge in [-0.15, -0.1) is 0 Å². The number of primary amides is 1. The summed E-state index contributed by atoms with van der Waals surface area (Å²) in [7, 11) is 0. The highest BCUT2D eigenvalue weighted by Gasteiger charge is 2.34. The number of nitrogens with two attached hydrogens (primary N) is 1. The molecule has 1 saturated carbocycles. The van der Waals surface area contributed by atoms with Gasteiger partial charge in [-0.3, -0.25) is 10.2 Å². The second-order valence-corrected chi connectivity index (χ2v) is 4.66. The van der Waals surface area contributed by atoms with Gasteiger partial charge in [-0.05, 0) is 24.8 Å². The Morgan fingerprint density at radius 3 is 3.00 bits per heavy atom. The highest BCUT2D eigenvalue weighted by molar-refractivity contribution is 8.15. The topological polar surface area (TPSA) is 66.9 Å². The molecule has 1 fully saturated rings. The SMILES string of the molecule is N=C1S[C@H]2CCCCC2=C1C(N)=O. The van der Waals surface area contributed by atoms with Gasteiger partial charge in [0, 0.05) is 5.25 Å². The van der Waals surface area contributed by atoms with Crippen molar-refractivity contribution in [1.29, 1.82) is 5.41 Å². The normalized spacial score (nSPS) is 27.7. The smallest absolute Gasteiger partial charge is 0.251 e. The molecular formula is C9H12N2OS. The fourth-order valence-electron chi connectivity index (χ4n) is 2.01. The van der Waals surface area contributed by atoms with E-state index < -0.39 is 5.91 Å². The van der Waals surface area contributed by atoms with Crippen molar-refractivity contribution < 1.29 is 4.79 Å². The molecule has 1 heterocycles. The quantitative estimate of drug-likeness (QED) is 0.666. The Morgan fingerprint density at radius 2 is 2.31 bits per heavy atom. The van der Waals surface area contributed by atoms with E-state index in [1.54, 1.807) is 0 Å². The summed E-state index contributed by atoms with van der Waals surface area (Å²) >= 11 is 1.49. The monoisotopic (exact) mass is 196 g/mol. The van der Waals surface area contributed by atoms with Crippen LogP contribution in [0.25, 0.3) is 0 Å². The van der Waals surface area contributed by atoms with Crippen LogP contribution in [0.5, 0.6) is 0 Å². The van der Waals surface area contributed by atoms with Gasteiger partial charge in [0.1, 0.15) is 5.04 Å². The number of fused-ring (bicyclic) bond motifs is 1. The lowest BCUT2D eigenvalue weighted by molar-refractivity contribution is -0.114. The van der Waals surface area contributed by atoms with E-state index in [1.165, 1.54) is 18.2 Å². The van der Waals surface area contributed by atoms with Gasteiger partial charge in [0.25, 0.3) is 5.91 Å². The third kappa shape index (κ3) is 1.39. The van der Waals surface area contributed by atoms with Crippen LogP contribution >= 0.6 is 11.8 Å². The highest BCUT2D eigenvalue weighted by atomic mass is 32.2. The van der Waals surface area contributed by atoms with Crippen molar-refractivity contribution in [3.8, 4) is 0 Å². The second-order valence-electron chi connectivity index (χ2n) is 3.45. The van der Waals surface area contributed by atoms with Crippen molar-refractivity contribution >= 4 is 22.7 Å². The van der Waals surface area contributed by atoms with Gasteiger partial charge in [-0.2, -0.15) is 0 Å². The lowest BCUT2D eigenvalue weighted by Gasteiger charge is -2.19. The minimum Gasteiger partial charge on any atom is -0.366 e. The highest BCUT2D eigenvalue weighted by Crippen LogP contribution is 2.42. The van der Waals surface area contributed by atoms with Crippen molar-refractivity contribution in [2.45, 2.75) is 30.9 Å². The van der Waals surface area contributed by atoms with E-state index >= 15 is 0 Å². The summed E-state index contributed by atoms with van der Waals surface area (Å²) in [5.41, 5.74) is 6.89. The fraction of sp³-hybridized carbons (Fsp3) is 0.556. The zero-order valence-electron chi connectivity index (χ0n) is 7.30. The minimum absolute atomic E-state index is 0.378. The minimum atomic E-state index is -0.420. The molecule has 3 nitrogen and oxygen atoms in total. The molecule has 4 heteroatoms. The number of hydrogen-bond acceptors (Lipinski definition) is 3. The van der Waals surface area contributed by atoms with Crippen molar-refractivity contribution in [3.63, 3.8) is 0 Å². The van der Waals surface area contributed by atoms with Gasteiger partial charge in [-0.1, -0.05) is 18.2 Å². The summed E-state index contributed by atoms with van der Waals surface area (Å²) in [6.45, 7) is 0. The molecule has 13 heavy (non-hydrogen) atoms. The lowest BCUT2D eigenvalue weighted by Crippen LogP contribution is -2.19. The molecule has 0 radical (unpaired) electrons. The number of nitrogens with one attached hydrogen (secondary N) is 1. The Hall–Kier alpha value is -0.770. The number of carbonyl (C=O) groups is 1. The van der Waals surface area contributed by atoms with Gasteiger partial charge < -0.3 is 5.73 Å². The molecule has 3 N–H and O–H groups in total. The Bertz CT molecular complexity index is 309. The average molecular weight is 196 g/mol. The molecule has 0 aromatic carbocycles. The van der Waals surface area contributed by atoms with Crippen LogP contribution < -0.4 is 5.73 Å². The third-order valence-corrected chi connectivity index (χ3v) is 3.85. The maximum absolute atomic E-state index is 11.1. The maximum atomic E-state index is 11.1. The molecule has 2 rings (SSSR count). The molecule has 0 bridgehead atoms. The van der Waals surface area contributed by atoms with Gasteiger partial charge in [0.2, 0.25) is 0 Å². The molecule has 70 valence electrons. The predicted octanol–water partition coefficient (Wildman–Crippen LogP) is 1.43. The van der Waals surface area contributed by atoms with Crippen molar-refractivity contribution in [1.82, 2.24) is 0 Å². The number of amides is 1. The van der Waals surface area contributed by atoms with Crippen LogP contribution in [-0.4, -0.2) is 16.2 Å². The first-order valence-corrected chi connectivity index (χ1v) is 5.36. The van der Waals surface area contributed by atoms with Gasteiger partial charge in [0.05, 0.1) is 5.57 Å². The summed E-state index contributed by atoms with van der Waals surface area (Å²) in [5, 5.41) is 8.40. The van der Waals surface area contributed by atoms with Crippen LogP contribution in [0.2, 0.25) is 0 Å². The number of rotatable bonds is 1. The zero-order chi connectivity index (χ0) is 9.42. The molecule has 0 aromatic heterocycles. The molecular weight excluding hydrogens is 184 g/mol. The van der Waals surface area contributed by atoms with E-state index in [9.17, 15) is 4.79 Å². The van der Waals surface area contributed by atoms with E-state index in [2.05, 4.69) is 0 Å². The van der Waals surface area contributed by atoms with E-state index in [0.717, 1.165) is 24.8 Å². The summed E-state index contributed by atoms with van der Waals surface area (Å²) in [5.74, 6) is -0.420. The molecule has 0 spiro atoms. The largest absolute Gasteiger partial charge is 0.366 e. The standard InChI is InChI=1S/C9H12N2OS/c10-8(12)7-5-3-1-2-4-6(5)13-9(7)11/h6,11H,1-4H2,(H2,10,12)/t6-/m0/s1. The van der Waals surface area contributed by atoms with E-state index in [1.807, 2.05) is 0 Å². The van der Waals surface area contributed by atoms with Crippen molar-refractivity contribution in [2.24, 2.45) is 5.73 Å². The van der Waals surface area contributed by atoms with Crippen LogP contribution in [0.4, 0.5) is 0 Å². The van der Waals surface area contributed by atoms with Gasteiger partial charge >= 0.3 is 0 Å². The first-order chi connectivity index (χ1) is 6.20. The van der Waals surface area contributed by atoms with Crippen LogP contribution in [0, 0.1) is 5.41 Å². The van der Waals surface area contributed by atoms with E-state index in [0.29, 0.717) is 15.9 Å². The molecule has 0 saturated heterocycles. The van der Waals surface area contributed by atoms with Crippen LogP contribution in [0.15, 0.2) is 11.1 Å². The Morgan fingerprint density at radius 1 is 1.54 bits per heavy atom. The first kappa shape index (κ1) is 8.81. The Balaban J connectivity index is 2.37. The van der Waals surface area contributed by atoms with Crippen LogP contribution in [0.1, 0.15) is 25.7 Å². The Labute approximate surface area is 81.3 Å². The number of hydrogen-bond donors (Lipinski definition) is 2. The average Bonchev–Trinajstić information content (AvgIpc) is 2.39. The summed E-state index contributed by atoms with van der Waals surface area (Å²) < 4.78 is 0. The summed E-state index contributed by atoms with van der Waals surface area (Å²) in [6.07, 6.45) is 4.40. The zero-order valence-corrected chi connectivity index (χ0v) is 8.12. The lowest BCUT2D eigenvalue weighted by atomic mass is 9.91. The van der Waals surface area contributed by atoms with E-state index in [4.69, 9.17) is 11.1 Å². The third-order valence-electron chi connectivity index (χ3n) is 2.61. The fourth-order valence-corrected chi connectivity index (χ4v) is 3.31. The second kappa shape index (κ2) is 3.18. The first-order valence-electron chi connectivity index (χ1n) is 4.48. The number of thioether (sulfide) groups is 1. The maximum Gasteiger partial charge on any atom is 0.251 e. The molecule has 1 amide bonds. The number of carbonyl (C=O) groups excluding carboxylic acids is 1. The van der Waals surface area contributed by atoms with Crippen molar-refractivity contribution in [3.05, 3.63) is 11.1 Å². The molecule has 0 aromatic rings. The summed E-state index contributed by atoms with van der Waals surface area (Å²) in [6, 6.07) is 0. The van der Waals surface area contributed by atoms with Crippen LogP contribution in [0.3, 0.4) is 0 Å². The van der Waals surface area contributed by atoms with Gasteiger partial charge in [-0.25, -0.2) is 0 Å². The molecule has 1 aliphatic carbocycles. The van der Waals surface area contributed by atoms with Gasteiger partial charge in [0.15, 0.2) is 0 Å². The van der Waals surface area contributed by atoms with E-state index in [-0.39, 0.29) is 0 Å². The Kier molecular flexibility index (Phi) is 2.15. The summed E-state index contributed by atoms with van der Waals surface area (Å²) in [4.78, 5) is 11.1. The van der Waals surface area contributed by atoms with Crippen LogP contribution in [-0.2, 0) is 4.79 Å². The molecule has 0 unspecified atom stereocenters. The predicted molar refractivity (Wildman–Crippen MR) is 53.8 cm³/mol. The van der Waals surface area contributed by atoms with Crippen molar-refractivity contribution in [2.75, 3.05) is 0 Å². The molecule has 2 aliphatic rings. The molecule has 1 atom stereocenters.